The molecule has 0 spiro atoms. The highest BCUT2D eigenvalue weighted by molar-refractivity contribution is 7.09. The van der Waals surface area contributed by atoms with Crippen LogP contribution in [0, 0.1) is 0 Å². The van der Waals surface area contributed by atoms with Gasteiger partial charge in [0, 0.05) is 57.2 Å². The average Bonchev–Trinajstić information content (AvgIpc) is 3.14. The number of nitrogens with zero attached hydrogens (tertiary/aromatic N) is 3. The van der Waals surface area contributed by atoms with Crippen molar-refractivity contribution in [1.29, 1.82) is 0 Å². The maximum Gasteiger partial charge on any atom is 0.318 e. The monoisotopic (exact) mass is 430 g/mol. The molecule has 1 N–H and O–H groups in total. The number of amides is 2. The van der Waals surface area contributed by atoms with Crippen molar-refractivity contribution in [3.05, 3.63) is 16.1 Å². The van der Waals surface area contributed by atoms with Gasteiger partial charge in [0.1, 0.15) is 0 Å². The van der Waals surface area contributed by atoms with Crippen LogP contribution in [-0.2, 0) is 11.3 Å². The number of thiazole rings is 1. The van der Waals surface area contributed by atoms with Crippen molar-refractivity contribution in [2.24, 2.45) is 0 Å². The Balaban J connectivity index is 1.87. The number of carbonyl (C=O) groups excluding carboxylic acids is 2. The van der Waals surface area contributed by atoms with Gasteiger partial charge in [0.05, 0.1) is 23.3 Å². The van der Waals surface area contributed by atoms with Gasteiger partial charge in [-0.25, -0.2) is 18.6 Å². The van der Waals surface area contributed by atoms with E-state index in [0.29, 0.717) is 44.9 Å². The van der Waals surface area contributed by atoms with Crippen LogP contribution in [0.2, 0.25) is 0 Å². The third-order valence-corrected chi connectivity index (χ3v) is 6.36. The molecule has 9 heteroatoms. The number of hydrogen-bond donors (Lipinski definition) is 1. The van der Waals surface area contributed by atoms with E-state index in [1.807, 2.05) is 10.3 Å². The van der Waals surface area contributed by atoms with Crippen molar-refractivity contribution >= 4 is 23.2 Å². The van der Waals surface area contributed by atoms with Crippen molar-refractivity contribution in [3.8, 4) is 0 Å². The highest BCUT2D eigenvalue weighted by Crippen LogP contribution is 2.27. The summed E-state index contributed by atoms with van der Waals surface area (Å²) in [6, 6.07) is -0.944. The Morgan fingerprint density at radius 2 is 2.00 bits per heavy atom. The summed E-state index contributed by atoms with van der Waals surface area (Å²) in [5.74, 6) is -2.30. The molecule has 1 fully saturated rings. The van der Waals surface area contributed by atoms with Crippen LogP contribution >= 0.6 is 11.3 Å². The molecule has 29 heavy (non-hydrogen) atoms. The number of urea groups is 1. The molecule has 6 nitrogen and oxygen atoms in total. The topological polar surface area (TPSA) is 65.5 Å². The lowest BCUT2D eigenvalue weighted by Crippen LogP contribution is -2.48. The predicted octanol–water partition coefficient (Wildman–Crippen LogP) is 3.88. The molecule has 2 amide bonds. The molecule has 1 aromatic heterocycles. The lowest BCUT2D eigenvalue weighted by atomic mass is 10.0. The van der Waals surface area contributed by atoms with Crippen molar-refractivity contribution in [2.45, 2.75) is 70.9 Å². The summed E-state index contributed by atoms with van der Waals surface area (Å²) in [5.41, 5.74) is 0.823. The Bertz CT molecular complexity index is 686. The summed E-state index contributed by atoms with van der Waals surface area (Å²) >= 11 is 1.58. The first-order chi connectivity index (χ1) is 13.6. The quantitative estimate of drug-likeness (QED) is 0.646. The number of halogens is 2. The zero-order valence-electron chi connectivity index (χ0n) is 17.7. The minimum Gasteiger partial charge on any atom is -0.328 e. The van der Waals surface area contributed by atoms with Gasteiger partial charge in [-0.1, -0.05) is 20.8 Å². The molecule has 0 aliphatic carbocycles. The fraction of sp³-hybridized carbons (Fsp3) is 0.750. The van der Waals surface area contributed by atoms with Gasteiger partial charge in [0.2, 0.25) is 0 Å². The molecular formula is C20H32F2N4O2S. The van der Waals surface area contributed by atoms with E-state index in [1.165, 1.54) is 4.90 Å². The molecule has 1 aromatic rings. The molecule has 164 valence electrons. The highest BCUT2D eigenvalue weighted by atomic mass is 32.1. The number of carbonyl (C=O) groups is 2. The Kier molecular flexibility index (Phi) is 8.51. The molecule has 1 aliphatic heterocycles. The van der Waals surface area contributed by atoms with E-state index < -0.39 is 12.0 Å². The van der Waals surface area contributed by atoms with Gasteiger partial charge in [0.15, 0.2) is 5.78 Å². The first-order valence-corrected chi connectivity index (χ1v) is 11.1. The second-order valence-electron chi connectivity index (χ2n) is 8.00. The molecule has 1 aliphatic rings. The van der Waals surface area contributed by atoms with Crippen LogP contribution < -0.4 is 5.32 Å². The number of hydrogen-bond acceptors (Lipinski definition) is 5. The first-order valence-electron chi connectivity index (χ1n) is 10.2. The first kappa shape index (κ1) is 23.7. The minimum absolute atomic E-state index is 0.0511. The molecule has 2 rings (SSSR count). The minimum atomic E-state index is -2.59. The van der Waals surface area contributed by atoms with Gasteiger partial charge in [0.25, 0.3) is 5.92 Å². The summed E-state index contributed by atoms with van der Waals surface area (Å²) in [6.07, 6.45) is 0.434. The van der Waals surface area contributed by atoms with Crippen LogP contribution in [0.5, 0.6) is 0 Å². The fourth-order valence-corrected chi connectivity index (χ4v) is 4.04. The van der Waals surface area contributed by atoms with Crippen molar-refractivity contribution in [2.75, 3.05) is 26.7 Å². The van der Waals surface area contributed by atoms with Crippen LogP contribution in [0.25, 0.3) is 0 Å². The van der Waals surface area contributed by atoms with Crippen LogP contribution in [0.1, 0.15) is 63.1 Å². The molecule has 1 atom stereocenters. The predicted molar refractivity (Wildman–Crippen MR) is 111 cm³/mol. The van der Waals surface area contributed by atoms with Gasteiger partial charge in [-0.15, -0.1) is 11.3 Å². The van der Waals surface area contributed by atoms with Gasteiger partial charge in [-0.3, -0.25) is 4.79 Å². The molecule has 1 unspecified atom stereocenters. The molecule has 2 heterocycles. The van der Waals surface area contributed by atoms with Crippen LogP contribution in [0.4, 0.5) is 13.6 Å². The van der Waals surface area contributed by atoms with Gasteiger partial charge in [-0.2, -0.15) is 0 Å². The number of likely N-dealkylation sites (tertiary alicyclic amines) is 1. The van der Waals surface area contributed by atoms with Crippen molar-refractivity contribution in [3.63, 3.8) is 0 Å². The van der Waals surface area contributed by atoms with E-state index in [-0.39, 0.29) is 24.7 Å². The Labute approximate surface area is 175 Å². The molecule has 0 saturated carbocycles. The van der Waals surface area contributed by atoms with E-state index in [2.05, 4.69) is 24.1 Å². The van der Waals surface area contributed by atoms with E-state index in [4.69, 9.17) is 0 Å². The molecule has 0 aromatic carbocycles. The molecule has 0 radical (unpaired) electrons. The number of Topliss-reactive ketones (excluding diaryl/α,β-unsaturated/α-hetero) is 1. The summed E-state index contributed by atoms with van der Waals surface area (Å²) in [5, 5.41) is 5.78. The lowest BCUT2D eigenvalue weighted by molar-refractivity contribution is -0.121. The average molecular weight is 431 g/mol. The van der Waals surface area contributed by atoms with E-state index in [9.17, 15) is 18.4 Å². The zero-order valence-corrected chi connectivity index (χ0v) is 18.5. The van der Waals surface area contributed by atoms with Gasteiger partial charge in [-0.05, 0) is 6.42 Å². The summed E-state index contributed by atoms with van der Waals surface area (Å²) in [7, 11) is 1.67. The maximum absolute atomic E-state index is 13.3. The number of nitrogens with one attached hydrogen (secondary N) is 1. The lowest BCUT2D eigenvalue weighted by Gasteiger charge is -2.32. The third kappa shape index (κ3) is 7.29. The normalized spacial score (nSPS) is 17.9. The van der Waals surface area contributed by atoms with Crippen molar-refractivity contribution < 1.29 is 18.4 Å². The Morgan fingerprint density at radius 3 is 2.55 bits per heavy atom. The third-order valence-electron chi connectivity index (χ3n) is 5.17. The van der Waals surface area contributed by atoms with Crippen molar-refractivity contribution in [1.82, 2.24) is 20.1 Å². The van der Waals surface area contributed by atoms with E-state index in [0.717, 1.165) is 10.7 Å². The Morgan fingerprint density at radius 1 is 1.34 bits per heavy atom. The zero-order chi connectivity index (χ0) is 21.6. The largest absolute Gasteiger partial charge is 0.328 e. The molecule has 1 saturated heterocycles. The fourth-order valence-electron chi connectivity index (χ4n) is 3.21. The van der Waals surface area contributed by atoms with Crippen LogP contribution in [-0.4, -0.2) is 65.2 Å². The summed E-state index contributed by atoms with van der Waals surface area (Å²) in [6.45, 7) is 7.41. The molecular weight excluding hydrogens is 398 g/mol. The maximum atomic E-state index is 13.3. The van der Waals surface area contributed by atoms with Crippen LogP contribution in [0.15, 0.2) is 5.38 Å². The summed E-state index contributed by atoms with van der Waals surface area (Å²) < 4.78 is 26.6. The van der Waals surface area contributed by atoms with E-state index in [1.54, 1.807) is 25.3 Å². The van der Waals surface area contributed by atoms with Crippen LogP contribution in [0.3, 0.4) is 0 Å². The second-order valence-corrected chi connectivity index (χ2v) is 8.89. The standard InChI is InChI=1S/C20H32F2N4O2S/c1-5-17(27)16(6-9-26-10-7-20(21,22)8-11-26)24-19(28)25(4)12-15-13-29-18(23-15)14(2)3/h13-14,16H,5-12H2,1-4H3,(H,24,28). The molecule has 0 bridgehead atoms. The van der Waals surface area contributed by atoms with E-state index >= 15 is 0 Å². The number of ketones is 1. The smallest absolute Gasteiger partial charge is 0.318 e. The number of piperidine rings is 1. The number of alkyl halides is 2. The summed E-state index contributed by atoms with van der Waals surface area (Å²) in [4.78, 5) is 32.9. The SMILES string of the molecule is CCC(=O)C(CCN1CCC(F)(F)CC1)NC(=O)N(C)Cc1csc(C(C)C)n1. The van der Waals surface area contributed by atoms with Gasteiger partial charge < -0.3 is 15.1 Å². The van der Waals surface area contributed by atoms with Gasteiger partial charge >= 0.3 is 6.03 Å². The number of rotatable bonds is 9. The Hall–Kier alpha value is -1.61. The highest BCUT2D eigenvalue weighted by Gasteiger charge is 2.34. The number of aromatic nitrogens is 1. The second kappa shape index (κ2) is 10.4.